The molecule has 5 heteroatoms. The second kappa shape index (κ2) is 5.40. The molecule has 0 radical (unpaired) electrons. The number of anilines is 1. The summed E-state index contributed by atoms with van der Waals surface area (Å²) < 4.78 is 0. The number of hydrogen-bond donors (Lipinski definition) is 3. The molecule has 3 rings (SSSR count). The molecule has 0 bridgehead atoms. The van der Waals surface area contributed by atoms with E-state index in [9.17, 15) is 5.11 Å². The van der Waals surface area contributed by atoms with Crippen LogP contribution in [0.5, 0.6) is 0 Å². The van der Waals surface area contributed by atoms with E-state index in [1.807, 2.05) is 0 Å². The fourth-order valence-electron chi connectivity index (χ4n) is 3.31. The number of nitrogen functional groups attached to an aromatic ring is 1. The number of nitrogens with two attached hydrogens (primary N) is 1. The van der Waals surface area contributed by atoms with Gasteiger partial charge in [-0.1, -0.05) is 0 Å². The van der Waals surface area contributed by atoms with Gasteiger partial charge in [-0.05, 0) is 49.7 Å². The Morgan fingerprint density at radius 2 is 2.30 bits per heavy atom. The average molecular weight is 274 g/mol. The summed E-state index contributed by atoms with van der Waals surface area (Å²) in [7, 11) is 0. The molecule has 1 atom stereocenters. The van der Waals surface area contributed by atoms with Gasteiger partial charge in [0.1, 0.15) is 11.7 Å². The molecule has 20 heavy (non-hydrogen) atoms. The summed E-state index contributed by atoms with van der Waals surface area (Å²) in [4.78, 5) is 6.98. The third kappa shape index (κ3) is 2.38. The van der Waals surface area contributed by atoms with Crippen LogP contribution in [0.1, 0.15) is 36.1 Å². The van der Waals surface area contributed by atoms with Gasteiger partial charge in [0.05, 0.1) is 5.56 Å². The van der Waals surface area contributed by atoms with Crippen molar-refractivity contribution in [3.63, 3.8) is 0 Å². The van der Waals surface area contributed by atoms with E-state index in [2.05, 4.69) is 11.0 Å². The minimum Gasteiger partial charge on any atom is -0.396 e. The molecule has 4 N–H and O–H groups in total. The van der Waals surface area contributed by atoms with Crippen LogP contribution in [-0.4, -0.2) is 35.6 Å². The number of hydrogen-bond acceptors (Lipinski definition) is 4. The highest BCUT2D eigenvalue weighted by Crippen LogP contribution is 2.29. The highest BCUT2D eigenvalue weighted by atomic mass is 16.3. The molecule has 1 aromatic rings. The molecule has 108 valence electrons. The molecule has 1 aromatic heterocycles. The molecule has 1 aliphatic heterocycles. The molecular formula is C15H22N4O. The summed E-state index contributed by atoms with van der Waals surface area (Å²) >= 11 is 0. The third-order valence-corrected chi connectivity index (χ3v) is 4.40. The summed E-state index contributed by atoms with van der Waals surface area (Å²) in [6.45, 7) is 1.96. The zero-order valence-electron chi connectivity index (χ0n) is 11.7. The van der Waals surface area contributed by atoms with Crippen LogP contribution >= 0.6 is 0 Å². The monoisotopic (exact) mass is 274 g/mol. The fourth-order valence-corrected chi connectivity index (χ4v) is 3.31. The topological polar surface area (TPSA) is 86.2 Å². The lowest BCUT2D eigenvalue weighted by Crippen LogP contribution is -2.38. The van der Waals surface area contributed by atoms with Crippen LogP contribution in [-0.2, 0) is 12.8 Å². The number of rotatable bonds is 3. The standard InChI is InChI=1S/C15H22N4O/c16-14(17)12-7-11-4-1-5-13(11)18-15(12)19-6-2-3-10(8-19)9-20/h7,10,20H,1-6,8-9H2,(H3,16,17). The smallest absolute Gasteiger partial charge is 0.139 e. The van der Waals surface area contributed by atoms with Gasteiger partial charge in [-0.3, -0.25) is 5.41 Å². The van der Waals surface area contributed by atoms with Gasteiger partial charge in [-0.15, -0.1) is 0 Å². The number of piperidine rings is 1. The summed E-state index contributed by atoms with van der Waals surface area (Å²) in [5, 5.41) is 17.2. The largest absolute Gasteiger partial charge is 0.396 e. The molecule has 1 unspecified atom stereocenters. The predicted octanol–water partition coefficient (Wildman–Crippen LogP) is 1.06. The number of nitrogens with one attached hydrogen (secondary N) is 1. The quantitative estimate of drug-likeness (QED) is 0.568. The Balaban J connectivity index is 1.97. The van der Waals surface area contributed by atoms with Crippen LogP contribution < -0.4 is 10.6 Å². The number of amidine groups is 1. The van der Waals surface area contributed by atoms with Crippen molar-refractivity contribution < 1.29 is 5.11 Å². The molecule has 0 amide bonds. The first-order chi connectivity index (χ1) is 9.69. The Labute approximate surface area is 119 Å². The van der Waals surface area contributed by atoms with Gasteiger partial charge in [-0.2, -0.15) is 0 Å². The summed E-state index contributed by atoms with van der Waals surface area (Å²) in [6, 6.07) is 2.05. The van der Waals surface area contributed by atoms with Crippen molar-refractivity contribution in [3.05, 3.63) is 22.9 Å². The lowest BCUT2D eigenvalue weighted by atomic mass is 9.98. The van der Waals surface area contributed by atoms with Gasteiger partial charge in [-0.25, -0.2) is 4.98 Å². The third-order valence-electron chi connectivity index (χ3n) is 4.40. The van der Waals surface area contributed by atoms with E-state index in [-0.39, 0.29) is 12.4 Å². The van der Waals surface area contributed by atoms with Crippen LogP contribution in [0, 0.1) is 11.3 Å². The molecule has 1 saturated heterocycles. The molecule has 0 aromatic carbocycles. The number of aromatic nitrogens is 1. The lowest BCUT2D eigenvalue weighted by molar-refractivity contribution is 0.208. The summed E-state index contributed by atoms with van der Waals surface area (Å²) in [5.74, 6) is 1.24. The van der Waals surface area contributed by atoms with Crippen molar-refractivity contribution in [2.75, 3.05) is 24.6 Å². The second-order valence-electron chi connectivity index (χ2n) is 5.87. The maximum Gasteiger partial charge on any atom is 0.139 e. The maximum absolute atomic E-state index is 9.38. The SMILES string of the molecule is N=C(N)c1cc2c(nc1N1CCCC(CO)C1)CCC2. The Kier molecular flexibility index (Phi) is 3.61. The zero-order chi connectivity index (χ0) is 14.1. The van der Waals surface area contributed by atoms with Gasteiger partial charge >= 0.3 is 0 Å². The van der Waals surface area contributed by atoms with Crippen molar-refractivity contribution in [2.24, 2.45) is 11.7 Å². The molecule has 2 heterocycles. The highest BCUT2D eigenvalue weighted by Gasteiger charge is 2.25. The zero-order valence-corrected chi connectivity index (χ0v) is 11.7. The number of nitrogens with zero attached hydrogens (tertiary/aromatic N) is 2. The summed E-state index contributed by atoms with van der Waals surface area (Å²) in [5.41, 5.74) is 8.91. The number of pyridine rings is 1. The van der Waals surface area contributed by atoms with Crippen molar-refractivity contribution in [1.29, 1.82) is 5.41 Å². The first kappa shape index (κ1) is 13.4. The lowest BCUT2D eigenvalue weighted by Gasteiger charge is -2.34. The Bertz CT molecular complexity index is 529. The number of fused-ring (bicyclic) bond motifs is 1. The van der Waals surface area contributed by atoms with Crippen LogP contribution in [0.25, 0.3) is 0 Å². The van der Waals surface area contributed by atoms with Crippen LogP contribution in [0.2, 0.25) is 0 Å². The number of aliphatic hydroxyl groups excluding tert-OH is 1. The second-order valence-corrected chi connectivity index (χ2v) is 5.87. The van der Waals surface area contributed by atoms with Gasteiger partial charge in [0.25, 0.3) is 0 Å². The summed E-state index contributed by atoms with van der Waals surface area (Å²) in [6.07, 6.45) is 5.33. The average Bonchev–Trinajstić information content (AvgIpc) is 2.93. The highest BCUT2D eigenvalue weighted by molar-refractivity contribution is 6.00. The minimum atomic E-state index is 0.0910. The molecule has 2 aliphatic rings. The molecule has 1 fully saturated rings. The molecule has 0 saturated carbocycles. The van der Waals surface area contributed by atoms with Crippen molar-refractivity contribution in [1.82, 2.24) is 4.98 Å². The first-order valence-corrected chi connectivity index (χ1v) is 7.42. The van der Waals surface area contributed by atoms with Gasteiger partial charge in [0.15, 0.2) is 0 Å². The molecule has 5 nitrogen and oxygen atoms in total. The first-order valence-electron chi connectivity index (χ1n) is 7.42. The number of aliphatic hydroxyl groups is 1. The Hall–Kier alpha value is -1.62. The van der Waals surface area contributed by atoms with E-state index in [0.29, 0.717) is 5.92 Å². The van der Waals surface area contributed by atoms with E-state index in [4.69, 9.17) is 16.1 Å². The normalized spacial score (nSPS) is 21.9. The van der Waals surface area contributed by atoms with E-state index in [1.54, 1.807) is 0 Å². The maximum atomic E-state index is 9.38. The molecule has 0 spiro atoms. The predicted molar refractivity (Wildman–Crippen MR) is 79.3 cm³/mol. The Morgan fingerprint density at radius 3 is 3.05 bits per heavy atom. The van der Waals surface area contributed by atoms with Crippen LogP contribution in [0.3, 0.4) is 0 Å². The van der Waals surface area contributed by atoms with Gasteiger partial charge < -0.3 is 15.7 Å². The fraction of sp³-hybridized carbons (Fsp3) is 0.600. The van der Waals surface area contributed by atoms with E-state index < -0.39 is 0 Å². The van der Waals surface area contributed by atoms with Crippen LogP contribution in [0.4, 0.5) is 5.82 Å². The van der Waals surface area contributed by atoms with Crippen molar-refractivity contribution >= 4 is 11.7 Å². The Morgan fingerprint density at radius 1 is 1.45 bits per heavy atom. The molecule has 1 aliphatic carbocycles. The van der Waals surface area contributed by atoms with Gasteiger partial charge in [0.2, 0.25) is 0 Å². The van der Waals surface area contributed by atoms with E-state index >= 15 is 0 Å². The van der Waals surface area contributed by atoms with E-state index in [1.165, 1.54) is 5.56 Å². The number of aryl methyl sites for hydroxylation is 2. The van der Waals surface area contributed by atoms with Crippen molar-refractivity contribution in [3.8, 4) is 0 Å². The van der Waals surface area contributed by atoms with Crippen LogP contribution in [0.15, 0.2) is 6.07 Å². The molecular weight excluding hydrogens is 252 g/mol. The van der Waals surface area contributed by atoms with E-state index in [0.717, 1.165) is 62.3 Å². The van der Waals surface area contributed by atoms with Gasteiger partial charge in [0, 0.05) is 25.4 Å². The minimum absolute atomic E-state index is 0.0910. The van der Waals surface area contributed by atoms with Crippen molar-refractivity contribution in [2.45, 2.75) is 32.1 Å².